The van der Waals surface area contributed by atoms with E-state index in [0.717, 1.165) is 30.4 Å². The molecule has 1 aliphatic heterocycles. The number of esters is 1. The molecule has 1 aromatic rings. The van der Waals surface area contributed by atoms with Gasteiger partial charge in [-0.05, 0) is 61.1 Å². The van der Waals surface area contributed by atoms with Crippen LogP contribution in [0.15, 0.2) is 42.0 Å². The average Bonchev–Trinajstić information content (AvgIpc) is 2.82. The van der Waals surface area contributed by atoms with Crippen molar-refractivity contribution in [1.29, 1.82) is 0 Å². The van der Waals surface area contributed by atoms with E-state index in [0.29, 0.717) is 11.6 Å². The number of ether oxygens (including phenoxy) is 1. The monoisotopic (exact) mass is 323 g/mol. The first kappa shape index (κ1) is 15.5. The van der Waals surface area contributed by atoms with Crippen molar-refractivity contribution in [3.8, 4) is 0 Å². The molecular formula is C21H25NO2. The maximum Gasteiger partial charge on any atom is 0.334 e. The number of rotatable bonds is 1. The SMILES string of the molecule is C=C1CCC[C@]2(C)C[C@H]3OC(=O)/C(=C\c4ccccc4N)[C@H]3C[C@@H]12. The summed E-state index contributed by atoms with van der Waals surface area (Å²) < 4.78 is 5.76. The Bertz CT molecular complexity index is 735. The molecule has 0 unspecified atom stereocenters. The first-order valence-electron chi connectivity index (χ1n) is 8.93. The van der Waals surface area contributed by atoms with E-state index in [1.54, 1.807) is 0 Å². The van der Waals surface area contributed by atoms with Gasteiger partial charge in [-0.2, -0.15) is 0 Å². The molecule has 4 rings (SSSR count). The number of hydrogen-bond donors (Lipinski definition) is 1. The predicted molar refractivity (Wildman–Crippen MR) is 96.0 cm³/mol. The summed E-state index contributed by atoms with van der Waals surface area (Å²) in [6, 6.07) is 7.67. The lowest BCUT2D eigenvalue weighted by molar-refractivity contribution is -0.142. The molecule has 1 heterocycles. The summed E-state index contributed by atoms with van der Waals surface area (Å²) in [6.07, 6.45) is 7.43. The lowest BCUT2D eigenvalue weighted by atomic mass is 9.56. The van der Waals surface area contributed by atoms with E-state index in [4.69, 9.17) is 10.5 Å². The third-order valence-electron chi connectivity index (χ3n) is 6.39. The van der Waals surface area contributed by atoms with Gasteiger partial charge in [0.05, 0.1) is 0 Å². The highest BCUT2D eigenvalue weighted by atomic mass is 16.6. The van der Waals surface area contributed by atoms with Crippen LogP contribution in [0.3, 0.4) is 0 Å². The van der Waals surface area contributed by atoms with Gasteiger partial charge in [-0.25, -0.2) is 4.79 Å². The predicted octanol–water partition coefficient (Wildman–Crippen LogP) is 4.35. The minimum absolute atomic E-state index is 0.0147. The van der Waals surface area contributed by atoms with E-state index >= 15 is 0 Å². The van der Waals surface area contributed by atoms with Crippen LogP contribution >= 0.6 is 0 Å². The van der Waals surface area contributed by atoms with E-state index in [1.807, 2.05) is 30.3 Å². The minimum Gasteiger partial charge on any atom is -0.458 e. The fourth-order valence-electron chi connectivity index (χ4n) is 5.05. The molecule has 3 nitrogen and oxygen atoms in total. The highest BCUT2D eigenvalue weighted by molar-refractivity contribution is 5.97. The zero-order chi connectivity index (χ0) is 16.9. The maximum atomic E-state index is 12.5. The number of carbonyl (C=O) groups is 1. The Morgan fingerprint density at radius 1 is 1.38 bits per heavy atom. The molecule has 3 fully saturated rings. The Morgan fingerprint density at radius 2 is 2.17 bits per heavy atom. The Hall–Kier alpha value is -2.03. The summed E-state index contributed by atoms with van der Waals surface area (Å²) in [6.45, 7) is 6.69. The van der Waals surface area contributed by atoms with Gasteiger partial charge in [-0.1, -0.05) is 37.3 Å². The van der Waals surface area contributed by atoms with Crippen LogP contribution in [0.1, 0.15) is 44.6 Å². The number of hydrogen-bond acceptors (Lipinski definition) is 3. The number of allylic oxidation sites excluding steroid dienone is 1. The molecule has 1 saturated heterocycles. The molecular weight excluding hydrogens is 298 g/mol. The molecule has 2 N–H and O–H groups in total. The summed E-state index contributed by atoms with van der Waals surface area (Å²) in [5.74, 6) is 0.504. The summed E-state index contributed by atoms with van der Waals surface area (Å²) in [5, 5.41) is 0. The largest absolute Gasteiger partial charge is 0.458 e. The summed E-state index contributed by atoms with van der Waals surface area (Å²) >= 11 is 0. The lowest BCUT2D eigenvalue weighted by Gasteiger charge is -2.49. The summed E-state index contributed by atoms with van der Waals surface area (Å²) in [7, 11) is 0. The van der Waals surface area contributed by atoms with Crippen molar-refractivity contribution in [1.82, 2.24) is 0 Å². The van der Waals surface area contributed by atoms with E-state index in [1.165, 1.54) is 18.4 Å². The fourth-order valence-corrected chi connectivity index (χ4v) is 5.05. The number of nitrogen functional groups attached to an aromatic ring is 1. The minimum atomic E-state index is -0.166. The Morgan fingerprint density at radius 3 is 2.96 bits per heavy atom. The lowest BCUT2D eigenvalue weighted by Crippen LogP contribution is -2.43. The van der Waals surface area contributed by atoms with Crippen molar-refractivity contribution < 1.29 is 9.53 Å². The molecule has 0 aromatic heterocycles. The van der Waals surface area contributed by atoms with Crippen molar-refractivity contribution in [3.63, 3.8) is 0 Å². The third kappa shape index (κ3) is 2.38. The van der Waals surface area contributed by atoms with Crippen LogP contribution in [0.25, 0.3) is 6.08 Å². The van der Waals surface area contributed by atoms with Gasteiger partial charge in [-0.15, -0.1) is 0 Å². The molecule has 3 aliphatic rings. The maximum absolute atomic E-state index is 12.5. The normalized spacial score (nSPS) is 37.0. The van der Waals surface area contributed by atoms with Gasteiger partial charge < -0.3 is 10.5 Å². The van der Waals surface area contributed by atoms with E-state index in [-0.39, 0.29) is 23.4 Å². The highest BCUT2D eigenvalue weighted by Crippen LogP contribution is 2.56. The van der Waals surface area contributed by atoms with Crippen LogP contribution in [0.5, 0.6) is 0 Å². The quantitative estimate of drug-likeness (QED) is 0.362. The molecule has 0 radical (unpaired) electrons. The van der Waals surface area contributed by atoms with Gasteiger partial charge in [0.1, 0.15) is 6.10 Å². The molecule has 1 aromatic carbocycles. The third-order valence-corrected chi connectivity index (χ3v) is 6.39. The van der Waals surface area contributed by atoms with Gasteiger partial charge in [0.25, 0.3) is 0 Å². The van der Waals surface area contributed by atoms with Crippen LogP contribution in [0, 0.1) is 17.3 Å². The van der Waals surface area contributed by atoms with Gasteiger partial charge in [0.2, 0.25) is 0 Å². The van der Waals surface area contributed by atoms with Crippen molar-refractivity contribution in [2.24, 2.45) is 17.3 Å². The average molecular weight is 323 g/mol. The Labute approximate surface area is 143 Å². The van der Waals surface area contributed by atoms with Crippen LogP contribution in [-0.4, -0.2) is 12.1 Å². The van der Waals surface area contributed by atoms with Crippen molar-refractivity contribution in [2.75, 3.05) is 5.73 Å². The molecule has 0 spiro atoms. The van der Waals surface area contributed by atoms with Crippen LogP contribution in [0.2, 0.25) is 0 Å². The number of nitrogens with two attached hydrogens (primary N) is 1. The number of carbonyl (C=O) groups excluding carboxylic acids is 1. The van der Waals surface area contributed by atoms with Gasteiger partial charge in [0, 0.05) is 17.2 Å². The zero-order valence-electron chi connectivity index (χ0n) is 14.3. The second-order valence-corrected chi connectivity index (χ2v) is 7.94. The summed E-state index contributed by atoms with van der Waals surface area (Å²) in [4.78, 5) is 12.5. The molecule has 2 saturated carbocycles. The van der Waals surface area contributed by atoms with Gasteiger partial charge >= 0.3 is 5.97 Å². The Balaban J connectivity index is 1.68. The first-order chi connectivity index (χ1) is 11.5. The van der Waals surface area contributed by atoms with Crippen molar-refractivity contribution in [3.05, 3.63) is 47.6 Å². The number of fused-ring (bicyclic) bond motifs is 2. The number of benzene rings is 1. The number of anilines is 1. The molecule has 24 heavy (non-hydrogen) atoms. The van der Waals surface area contributed by atoms with E-state index in [9.17, 15) is 4.79 Å². The topological polar surface area (TPSA) is 52.3 Å². The first-order valence-corrected chi connectivity index (χ1v) is 8.93. The second-order valence-electron chi connectivity index (χ2n) is 7.94. The molecule has 4 atom stereocenters. The number of para-hydroxylation sites is 1. The zero-order valence-corrected chi connectivity index (χ0v) is 14.3. The molecule has 0 bridgehead atoms. The molecule has 126 valence electrons. The van der Waals surface area contributed by atoms with E-state index < -0.39 is 0 Å². The van der Waals surface area contributed by atoms with Crippen molar-refractivity contribution >= 4 is 17.7 Å². The highest BCUT2D eigenvalue weighted by Gasteiger charge is 2.53. The van der Waals surface area contributed by atoms with Crippen LogP contribution in [0.4, 0.5) is 5.69 Å². The molecule has 3 heteroatoms. The molecule has 2 aliphatic carbocycles. The summed E-state index contributed by atoms with van der Waals surface area (Å²) in [5.41, 5.74) is 10.0. The van der Waals surface area contributed by atoms with Crippen LogP contribution < -0.4 is 5.73 Å². The van der Waals surface area contributed by atoms with Gasteiger partial charge in [-0.3, -0.25) is 0 Å². The fraction of sp³-hybridized carbons (Fsp3) is 0.476. The second kappa shape index (κ2) is 5.51. The standard InChI is InChI=1S/C21H25NO2/c1-13-6-5-9-21(2)12-19-15(11-17(13)21)16(20(23)24-19)10-14-7-3-4-8-18(14)22/h3-4,7-8,10,15,17,19H,1,5-6,9,11-12,22H2,2H3/b16-10-/t15-,17+,19-,21-/m1/s1. The van der Waals surface area contributed by atoms with Gasteiger partial charge in [0.15, 0.2) is 0 Å². The van der Waals surface area contributed by atoms with E-state index in [2.05, 4.69) is 13.5 Å². The Kier molecular flexibility index (Phi) is 3.56. The smallest absolute Gasteiger partial charge is 0.334 e. The van der Waals surface area contributed by atoms with Crippen LogP contribution in [-0.2, 0) is 9.53 Å². The van der Waals surface area contributed by atoms with Crippen molar-refractivity contribution in [2.45, 2.75) is 45.1 Å². The molecule has 0 amide bonds.